The third-order valence-corrected chi connectivity index (χ3v) is 4.02. The summed E-state index contributed by atoms with van der Waals surface area (Å²) in [5, 5.41) is 15.0. The summed E-state index contributed by atoms with van der Waals surface area (Å²) in [5.41, 5.74) is 3.20. The van der Waals surface area contributed by atoms with Crippen LogP contribution in [0.25, 0.3) is 0 Å². The maximum absolute atomic E-state index is 12.5. The highest BCUT2D eigenvalue weighted by Gasteiger charge is 2.11. The fourth-order valence-corrected chi connectivity index (χ4v) is 2.50. The standard InChI is InChI=1S/C21H19N5O/c1-14(2)15-7-9-17(10-8-15)24-20(27)19-11-12-23-21(26-19)25-18-6-4-3-5-16(18)13-22/h3-12,14H,1-2H3,(H,24,27)(H,23,25,26). The molecule has 0 bridgehead atoms. The Morgan fingerprint density at radius 2 is 1.81 bits per heavy atom. The minimum Gasteiger partial charge on any atom is -0.323 e. The predicted octanol–water partition coefficient (Wildman–Crippen LogP) is 4.47. The van der Waals surface area contributed by atoms with Crippen LogP contribution in [-0.2, 0) is 0 Å². The second-order valence-corrected chi connectivity index (χ2v) is 6.28. The molecule has 2 aromatic carbocycles. The van der Waals surface area contributed by atoms with Crippen LogP contribution in [-0.4, -0.2) is 15.9 Å². The Balaban J connectivity index is 1.74. The molecule has 6 heteroatoms. The van der Waals surface area contributed by atoms with Gasteiger partial charge < -0.3 is 10.6 Å². The first-order chi connectivity index (χ1) is 13.1. The van der Waals surface area contributed by atoms with Gasteiger partial charge in [-0.15, -0.1) is 0 Å². The summed E-state index contributed by atoms with van der Waals surface area (Å²) < 4.78 is 0. The number of hydrogen-bond acceptors (Lipinski definition) is 5. The topological polar surface area (TPSA) is 90.7 Å². The fraction of sp³-hybridized carbons (Fsp3) is 0.143. The van der Waals surface area contributed by atoms with Crippen molar-refractivity contribution in [3.8, 4) is 6.07 Å². The van der Waals surface area contributed by atoms with Gasteiger partial charge in [-0.1, -0.05) is 38.1 Å². The van der Waals surface area contributed by atoms with Crippen LogP contribution in [0.15, 0.2) is 60.8 Å². The summed E-state index contributed by atoms with van der Waals surface area (Å²) in [5.74, 6) is 0.355. The van der Waals surface area contributed by atoms with Crippen molar-refractivity contribution in [2.75, 3.05) is 10.6 Å². The normalized spacial score (nSPS) is 10.3. The second-order valence-electron chi connectivity index (χ2n) is 6.28. The molecule has 1 amide bonds. The maximum atomic E-state index is 12.5. The van der Waals surface area contributed by atoms with E-state index in [4.69, 9.17) is 5.26 Å². The van der Waals surface area contributed by atoms with E-state index in [1.165, 1.54) is 11.8 Å². The van der Waals surface area contributed by atoms with Crippen molar-refractivity contribution in [2.45, 2.75) is 19.8 Å². The number of hydrogen-bond donors (Lipinski definition) is 2. The molecular formula is C21H19N5O. The molecule has 0 aliphatic rings. The molecule has 27 heavy (non-hydrogen) atoms. The van der Waals surface area contributed by atoms with E-state index in [0.29, 0.717) is 22.9 Å². The fourth-order valence-electron chi connectivity index (χ4n) is 2.50. The molecule has 0 saturated heterocycles. The van der Waals surface area contributed by atoms with Gasteiger partial charge in [0.1, 0.15) is 11.8 Å². The van der Waals surface area contributed by atoms with Crippen LogP contribution in [0.4, 0.5) is 17.3 Å². The molecule has 0 unspecified atom stereocenters. The van der Waals surface area contributed by atoms with Crippen molar-refractivity contribution >= 4 is 23.2 Å². The van der Waals surface area contributed by atoms with Gasteiger partial charge in [-0.25, -0.2) is 9.97 Å². The van der Waals surface area contributed by atoms with E-state index in [1.54, 1.807) is 30.3 Å². The minimum absolute atomic E-state index is 0.231. The highest BCUT2D eigenvalue weighted by Crippen LogP contribution is 2.19. The number of para-hydroxylation sites is 1. The number of amides is 1. The molecule has 6 nitrogen and oxygen atoms in total. The van der Waals surface area contributed by atoms with Crippen LogP contribution in [0.2, 0.25) is 0 Å². The molecule has 0 aliphatic heterocycles. The van der Waals surface area contributed by atoms with E-state index in [-0.39, 0.29) is 17.5 Å². The molecule has 0 atom stereocenters. The second kappa shape index (κ2) is 8.11. The van der Waals surface area contributed by atoms with E-state index in [9.17, 15) is 4.79 Å². The zero-order chi connectivity index (χ0) is 19.2. The first-order valence-electron chi connectivity index (χ1n) is 8.57. The first kappa shape index (κ1) is 18.1. The molecule has 1 heterocycles. The summed E-state index contributed by atoms with van der Waals surface area (Å²) in [7, 11) is 0. The number of rotatable bonds is 5. The Bertz CT molecular complexity index is 990. The van der Waals surface area contributed by atoms with Gasteiger partial charge >= 0.3 is 0 Å². The lowest BCUT2D eigenvalue weighted by Gasteiger charge is -2.09. The van der Waals surface area contributed by atoms with Crippen molar-refractivity contribution in [1.82, 2.24) is 9.97 Å². The van der Waals surface area contributed by atoms with Crippen LogP contribution in [0.1, 0.15) is 41.4 Å². The molecule has 0 aliphatic carbocycles. The Labute approximate surface area is 157 Å². The van der Waals surface area contributed by atoms with Crippen molar-refractivity contribution in [3.63, 3.8) is 0 Å². The Morgan fingerprint density at radius 1 is 1.07 bits per heavy atom. The molecule has 0 fully saturated rings. The SMILES string of the molecule is CC(C)c1ccc(NC(=O)c2ccnc(Nc3ccccc3C#N)n2)cc1. The Morgan fingerprint density at radius 3 is 2.52 bits per heavy atom. The number of benzene rings is 2. The minimum atomic E-state index is -0.327. The number of nitrogens with one attached hydrogen (secondary N) is 2. The lowest BCUT2D eigenvalue weighted by molar-refractivity contribution is 0.102. The highest BCUT2D eigenvalue weighted by molar-refractivity contribution is 6.03. The van der Waals surface area contributed by atoms with Crippen LogP contribution >= 0.6 is 0 Å². The van der Waals surface area contributed by atoms with Gasteiger partial charge in [0.15, 0.2) is 0 Å². The summed E-state index contributed by atoms with van der Waals surface area (Å²) in [6.07, 6.45) is 1.50. The van der Waals surface area contributed by atoms with Crippen molar-refractivity contribution in [3.05, 3.63) is 77.6 Å². The van der Waals surface area contributed by atoms with E-state index >= 15 is 0 Å². The molecule has 2 N–H and O–H groups in total. The van der Waals surface area contributed by atoms with E-state index in [1.807, 2.05) is 24.3 Å². The average molecular weight is 357 g/mol. The van der Waals surface area contributed by atoms with E-state index in [0.717, 1.165) is 0 Å². The number of carbonyl (C=O) groups excluding carboxylic acids is 1. The lowest BCUT2D eigenvalue weighted by atomic mass is 10.0. The summed E-state index contributed by atoms with van der Waals surface area (Å²) in [4.78, 5) is 20.8. The van der Waals surface area contributed by atoms with Gasteiger partial charge in [-0.05, 0) is 41.8 Å². The maximum Gasteiger partial charge on any atom is 0.274 e. The molecule has 134 valence electrons. The van der Waals surface area contributed by atoms with Crippen LogP contribution in [0.3, 0.4) is 0 Å². The number of nitrogens with zero attached hydrogens (tertiary/aromatic N) is 3. The van der Waals surface area contributed by atoms with Gasteiger partial charge in [-0.2, -0.15) is 5.26 Å². The van der Waals surface area contributed by atoms with Gasteiger partial charge in [-0.3, -0.25) is 4.79 Å². The van der Waals surface area contributed by atoms with Crippen molar-refractivity contribution in [2.24, 2.45) is 0 Å². The van der Waals surface area contributed by atoms with Gasteiger partial charge in [0, 0.05) is 11.9 Å². The quantitative estimate of drug-likeness (QED) is 0.703. The summed E-state index contributed by atoms with van der Waals surface area (Å²) in [6, 6.07) is 18.4. The monoisotopic (exact) mass is 357 g/mol. The lowest BCUT2D eigenvalue weighted by Crippen LogP contribution is -2.14. The van der Waals surface area contributed by atoms with Crippen LogP contribution in [0, 0.1) is 11.3 Å². The average Bonchev–Trinajstić information content (AvgIpc) is 2.69. The van der Waals surface area contributed by atoms with Crippen LogP contribution in [0.5, 0.6) is 0 Å². The number of carbonyl (C=O) groups is 1. The molecule has 0 spiro atoms. The Hall–Kier alpha value is -3.72. The van der Waals surface area contributed by atoms with E-state index in [2.05, 4.69) is 40.5 Å². The molecule has 3 aromatic rings. The number of anilines is 3. The van der Waals surface area contributed by atoms with Crippen molar-refractivity contribution in [1.29, 1.82) is 5.26 Å². The zero-order valence-corrected chi connectivity index (χ0v) is 15.1. The smallest absolute Gasteiger partial charge is 0.274 e. The number of aromatic nitrogens is 2. The Kier molecular flexibility index (Phi) is 5.43. The molecule has 0 radical (unpaired) electrons. The highest BCUT2D eigenvalue weighted by atomic mass is 16.1. The molecule has 3 rings (SSSR count). The summed E-state index contributed by atoms with van der Waals surface area (Å²) >= 11 is 0. The molecule has 1 aromatic heterocycles. The largest absolute Gasteiger partial charge is 0.323 e. The number of nitriles is 1. The predicted molar refractivity (Wildman–Crippen MR) is 105 cm³/mol. The zero-order valence-electron chi connectivity index (χ0n) is 15.1. The van der Waals surface area contributed by atoms with Gasteiger partial charge in [0.25, 0.3) is 5.91 Å². The van der Waals surface area contributed by atoms with E-state index < -0.39 is 0 Å². The molecular weight excluding hydrogens is 338 g/mol. The first-order valence-corrected chi connectivity index (χ1v) is 8.57. The van der Waals surface area contributed by atoms with Crippen LogP contribution < -0.4 is 10.6 Å². The molecule has 0 saturated carbocycles. The third-order valence-electron chi connectivity index (χ3n) is 4.02. The summed E-state index contributed by atoms with van der Waals surface area (Å²) in [6.45, 7) is 4.24. The van der Waals surface area contributed by atoms with Gasteiger partial charge in [0.2, 0.25) is 5.95 Å². The van der Waals surface area contributed by atoms with Crippen molar-refractivity contribution < 1.29 is 4.79 Å². The third kappa shape index (κ3) is 4.47. The van der Waals surface area contributed by atoms with Gasteiger partial charge in [0.05, 0.1) is 11.3 Å².